The summed E-state index contributed by atoms with van der Waals surface area (Å²) in [5.41, 5.74) is 2.62. The molecule has 7 nitrogen and oxygen atoms in total. The summed E-state index contributed by atoms with van der Waals surface area (Å²) in [7, 11) is 0. The Bertz CT molecular complexity index is 1400. The number of carbonyl (C=O) groups excluding carboxylic acids is 3. The predicted octanol–water partition coefficient (Wildman–Crippen LogP) is 4.55. The molecule has 1 N–H and O–H groups in total. The van der Waals surface area contributed by atoms with Gasteiger partial charge in [0.05, 0.1) is 6.54 Å². The quantitative estimate of drug-likeness (QED) is 0.342. The standard InChI is InChI=1S/C27H25N3O4/c1-17-13-21(18(2)29(17)15-19-9-5-4-6-10-19)22(31)16-30-25(32)27(3,28-26(30)33)24-14-20-11-7-8-12-23(20)34-24/h4-14H,15-16H2,1-3H3,(H,28,33). The van der Waals surface area contributed by atoms with Crippen LogP contribution in [0, 0.1) is 13.8 Å². The van der Waals surface area contributed by atoms with Crippen LogP contribution >= 0.6 is 0 Å². The van der Waals surface area contributed by atoms with Gasteiger partial charge >= 0.3 is 6.03 Å². The lowest BCUT2D eigenvalue weighted by atomic mass is 9.98. The van der Waals surface area contributed by atoms with E-state index in [9.17, 15) is 14.4 Å². The lowest BCUT2D eigenvalue weighted by molar-refractivity contribution is -0.131. The number of aromatic nitrogens is 1. The van der Waals surface area contributed by atoms with Crippen molar-refractivity contribution in [3.8, 4) is 0 Å². The highest BCUT2D eigenvalue weighted by Crippen LogP contribution is 2.33. The number of Topliss-reactive ketones (excluding diaryl/α,β-unsaturated/α-hetero) is 1. The number of amides is 3. The van der Waals surface area contributed by atoms with Crippen LogP contribution in [-0.2, 0) is 16.9 Å². The Labute approximate surface area is 197 Å². The highest BCUT2D eigenvalue weighted by atomic mass is 16.3. The molecule has 4 aromatic rings. The van der Waals surface area contributed by atoms with Gasteiger partial charge in [-0.2, -0.15) is 0 Å². The molecule has 1 unspecified atom stereocenters. The van der Waals surface area contributed by atoms with Gasteiger partial charge in [-0.3, -0.25) is 14.5 Å². The maximum atomic E-state index is 13.3. The summed E-state index contributed by atoms with van der Waals surface area (Å²) >= 11 is 0. The third kappa shape index (κ3) is 3.50. The second-order valence-corrected chi connectivity index (χ2v) is 8.87. The molecule has 1 aliphatic rings. The molecule has 0 radical (unpaired) electrons. The molecule has 3 heterocycles. The Morgan fingerprint density at radius 3 is 2.44 bits per heavy atom. The van der Waals surface area contributed by atoms with Crippen LogP contribution in [0.1, 0.15) is 40.0 Å². The van der Waals surface area contributed by atoms with Crippen molar-refractivity contribution in [2.75, 3.05) is 6.54 Å². The minimum atomic E-state index is -1.37. The number of furan rings is 1. The number of ketones is 1. The van der Waals surface area contributed by atoms with E-state index in [4.69, 9.17) is 4.42 Å². The van der Waals surface area contributed by atoms with Crippen LogP contribution in [0.15, 0.2) is 71.1 Å². The van der Waals surface area contributed by atoms with Crippen LogP contribution in [0.25, 0.3) is 11.0 Å². The topological polar surface area (TPSA) is 84.6 Å². The van der Waals surface area contributed by atoms with Crippen molar-refractivity contribution in [2.45, 2.75) is 32.9 Å². The molecule has 2 aromatic carbocycles. The number of para-hydroxylation sites is 1. The molecule has 0 saturated carbocycles. The summed E-state index contributed by atoms with van der Waals surface area (Å²) in [5, 5.41) is 3.55. The zero-order valence-electron chi connectivity index (χ0n) is 19.3. The number of urea groups is 1. The highest BCUT2D eigenvalue weighted by Gasteiger charge is 2.51. The van der Waals surface area contributed by atoms with Gasteiger partial charge in [0.1, 0.15) is 11.3 Å². The number of aryl methyl sites for hydroxylation is 1. The van der Waals surface area contributed by atoms with Gasteiger partial charge in [-0.15, -0.1) is 0 Å². The first-order valence-electron chi connectivity index (χ1n) is 11.1. The SMILES string of the molecule is Cc1cc(C(=O)CN2C(=O)NC(C)(c3cc4ccccc4o3)C2=O)c(C)n1Cc1ccccc1. The number of hydrogen-bond donors (Lipinski definition) is 1. The summed E-state index contributed by atoms with van der Waals surface area (Å²) in [4.78, 5) is 40.2. The Hall–Kier alpha value is -4.13. The molecule has 2 aromatic heterocycles. The second kappa shape index (κ2) is 8.02. The molecule has 1 fully saturated rings. The van der Waals surface area contributed by atoms with Gasteiger partial charge in [0, 0.05) is 28.9 Å². The molecule has 34 heavy (non-hydrogen) atoms. The zero-order valence-corrected chi connectivity index (χ0v) is 19.3. The Morgan fingerprint density at radius 2 is 1.71 bits per heavy atom. The van der Waals surface area contributed by atoms with Crippen LogP contribution in [0.5, 0.6) is 0 Å². The van der Waals surface area contributed by atoms with Crippen molar-refractivity contribution in [2.24, 2.45) is 0 Å². The van der Waals surface area contributed by atoms with Gasteiger partial charge in [0.2, 0.25) is 0 Å². The zero-order chi connectivity index (χ0) is 24.0. The van der Waals surface area contributed by atoms with Crippen molar-refractivity contribution < 1.29 is 18.8 Å². The molecule has 0 spiro atoms. The van der Waals surface area contributed by atoms with Crippen molar-refractivity contribution in [1.82, 2.24) is 14.8 Å². The molecule has 3 amide bonds. The molecular weight excluding hydrogens is 430 g/mol. The van der Waals surface area contributed by atoms with Crippen LogP contribution in [-0.4, -0.2) is 33.7 Å². The lowest BCUT2D eigenvalue weighted by Gasteiger charge is -2.18. The van der Waals surface area contributed by atoms with E-state index >= 15 is 0 Å². The van der Waals surface area contributed by atoms with Gasteiger partial charge in [-0.25, -0.2) is 4.79 Å². The van der Waals surface area contributed by atoms with E-state index in [-0.39, 0.29) is 12.3 Å². The van der Waals surface area contributed by atoms with Gasteiger partial charge in [-0.05, 0) is 44.5 Å². The van der Waals surface area contributed by atoms with Crippen LogP contribution in [0.3, 0.4) is 0 Å². The number of nitrogens with zero attached hydrogens (tertiary/aromatic N) is 2. The number of hydrogen-bond acceptors (Lipinski definition) is 4. The molecular formula is C27H25N3O4. The maximum absolute atomic E-state index is 13.3. The third-order valence-electron chi connectivity index (χ3n) is 6.55. The van der Waals surface area contributed by atoms with E-state index in [0.29, 0.717) is 23.5 Å². The van der Waals surface area contributed by atoms with Crippen molar-refractivity contribution in [1.29, 1.82) is 0 Å². The van der Waals surface area contributed by atoms with Gasteiger partial charge in [-0.1, -0.05) is 48.5 Å². The summed E-state index contributed by atoms with van der Waals surface area (Å²) < 4.78 is 7.92. The first-order valence-corrected chi connectivity index (χ1v) is 11.1. The number of nitrogens with one attached hydrogen (secondary N) is 1. The van der Waals surface area contributed by atoms with Crippen molar-refractivity contribution in [3.63, 3.8) is 0 Å². The molecule has 1 atom stereocenters. The van der Waals surface area contributed by atoms with E-state index in [1.165, 1.54) is 0 Å². The van der Waals surface area contributed by atoms with E-state index in [1.807, 2.05) is 68.4 Å². The molecule has 0 bridgehead atoms. The van der Waals surface area contributed by atoms with E-state index < -0.39 is 17.5 Å². The Kier molecular flexibility index (Phi) is 5.12. The fraction of sp³-hybridized carbons (Fsp3) is 0.222. The molecule has 1 saturated heterocycles. The van der Waals surface area contributed by atoms with Gasteiger partial charge in [0.25, 0.3) is 5.91 Å². The number of benzene rings is 2. The number of rotatable bonds is 6. The Morgan fingerprint density at radius 1 is 1.00 bits per heavy atom. The van der Waals surface area contributed by atoms with E-state index in [1.54, 1.807) is 19.1 Å². The van der Waals surface area contributed by atoms with Crippen molar-refractivity contribution in [3.05, 3.63) is 95.0 Å². The summed E-state index contributed by atoms with van der Waals surface area (Å²) in [6, 6.07) is 20.3. The highest BCUT2D eigenvalue weighted by molar-refractivity contribution is 6.11. The monoisotopic (exact) mass is 455 g/mol. The smallest absolute Gasteiger partial charge is 0.325 e. The van der Waals surface area contributed by atoms with Gasteiger partial charge < -0.3 is 14.3 Å². The Balaban J connectivity index is 1.38. The minimum absolute atomic E-state index is 0.287. The molecule has 1 aliphatic heterocycles. The molecule has 5 rings (SSSR count). The third-order valence-corrected chi connectivity index (χ3v) is 6.55. The summed E-state index contributed by atoms with van der Waals surface area (Å²) in [6.07, 6.45) is 0. The summed E-state index contributed by atoms with van der Waals surface area (Å²) in [6.45, 7) is 5.73. The van der Waals surface area contributed by atoms with E-state index in [0.717, 1.165) is 27.2 Å². The molecule has 0 aliphatic carbocycles. The number of imide groups is 1. The molecule has 172 valence electrons. The first kappa shape index (κ1) is 21.7. The number of fused-ring (bicyclic) bond motifs is 1. The summed E-state index contributed by atoms with van der Waals surface area (Å²) in [5.74, 6) is -0.462. The average Bonchev–Trinajstić information content (AvgIpc) is 3.45. The fourth-order valence-electron chi connectivity index (χ4n) is 4.56. The van der Waals surface area contributed by atoms with Crippen molar-refractivity contribution >= 4 is 28.7 Å². The fourth-order valence-corrected chi connectivity index (χ4v) is 4.56. The minimum Gasteiger partial charge on any atom is -0.458 e. The predicted molar refractivity (Wildman–Crippen MR) is 128 cm³/mol. The molecule has 7 heteroatoms. The van der Waals surface area contributed by atoms with Crippen LogP contribution < -0.4 is 5.32 Å². The largest absolute Gasteiger partial charge is 0.458 e. The lowest BCUT2D eigenvalue weighted by Crippen LogP contribution is -2.41. The normalized spacial score (nSPS) is 18.0. The maximum Gasteiger partial charge on any atom is 0.325 e. The average molecular weight is 456 g/mol. The second-order valence-electron chi connectivity index (χ2n) is 8.87. The van der Waals surface area contributed by atoms with Crippen LogP contribution in [0.4, 0.5) is 4.79 Å². The van der Waals surface area contributed by atoms with Gasteiger partial charge in [0.15, 0.2) is 11.3 Å². The van der Waals surface area contributed by atoms with Crippen LogP contribution in [0.2, 0.25) is 0 Å². The number of carbonyl (C=O) groups is 3. The van der Waals surface area contributed by atoms with E-state index in [2.05, 4.69) is 9.88 Å². The first-order chi connectivity index (χ1) is 16.3.